The van der Waals surface area contributed by atoms with Crippen LogP contribution in [0.5, 0.6) is 0 Å². The van der Waals surface area contributed by atoms with E-state index in [0.29, 0.717) is 23.0 Å². The van der Waals surface area contributed by atoms with Gasteiger partial charge in [0.2, 0.25) is 0 Å². The Morgan fingerprint density at radius 3 is 1.42 bits per heavy atom. The minimum absolute atomic E-state index is 0.0602. The van der Waals surface area contributed by atoms with Crippen molar-refractivity contribution >= 4 is 22.4 Å². The molecule has 0 radical (unpaired) electrons. The van der Waals surface area contributed by atoms with Crippen molar-refractivity contribution in [3.05, 3.63) is 11.6 Å². The zero-order chi connectivity index (χ0) is 22.7. The first-order valence-electron chi connectivity index (χ1n) is 10.8. The van der Waals surface area contributed by atoms with E-state index in [-0.39, 0.29) is 10.8 Å². The van der Waals surface area contributed by atoms with Crippen molar-refractivity contribution in [2.45, 2.75) is 72.6 Å². The Labute approximate surface area is 190 Å². The maximum absolute atomic E-state index is 12.3. The van der Waals surface area contributed by atoms with Crippen molar-refractivity contribution in [3.63, 3.8) is 0 Å². The maximum Gasteiger partial charge on any atom is 0.148 e. The molecule has 0 aliphatic heterocycles. The predicted octanol–water partition coefficient (Wildman–Crippen LogP) is 2.00. The summed E-state index contributed by atoms with van der Waals surface area (Å²) < 4.78 is 24.6. The largest absolute Gasteiger partial charge is 0.616 e. The number of rotatable bonds is 16. The number of hydrogen-bond donors (Lipinski definition) is 2. The summed E-state index contributed by atoms with van der Waals surface area (Å²) in [6, 6.07) is 0. The Bertz CT molecular complexity index is 652. The predicted molar refractivity (Wildman–Crippen MR) is 122 cm³/mol. The minimum atomic E-state index is -0.853. The number of nitrogens with one attached hydrogen (secondary N) is 2. The highest BCUT2D eigenvalue weighted by atomic mass is 32.2. The molecule has 0 amide bonds. The first-order valence-corrected chi connectivity index (χ1v) is 13.8. The van der Waals surface area contributed by atoms with Gasteiger partial charge in [0, 0.05) is 19.3 Å². The van der Waals surface area contributed by atoms with Crippen LogP contribution in [0.2, 0.25) is 0 Å². The lowest BCUT2D eigenvalue weighted by molar-refractivity contribution is 0.322. The highest BCUT2D eigenvalue weighted by Crippen LogP contribution is 2.27. The molecular weight excluding hydrogens is 436 g/mol. The number of tetrazole rings is 2. The summed E-state index contributed by atoms with van der Waals surface area (Å²) in [5.41, 5.74) is 0.120. The van der Waals surface area contributed by atoms with Gasteiger partial charge >= 0.3 is 0 Å². The third-order valence-electron chi connectivity index (χ3n) is 5.27. The van der Waals surface area contributed by atoms with Crippen LogP contribution in [0.3, 0.4) is 0 Å². The average molecular weight is 473 g/mol. The molecule has 2 rings (SSSR count). The summed E-state index contributed by atoms with van der Waals surface area (Å²) in [6.45, 7) is 8.69. The van der Waals surface area contributed by atoms with Crippen molar-refractivity contribution in [2.24, 2.45) is 10.8 Å². The second kappa shape index (κ2) is 12.7. The standard InChI is InChI=1S/C19H36N8O2S2/c1-18(2,14-16-20-24-25-21-16)8-5-10-30(28)12-7-13-31(29)11-6-9-19(3,4)15-17-22-26-27-23-17/h5-15H2,1-4H3,(H,20,21,24,25)(H,22,23,26,27). The molecule has 0 aliphatic carbocycles. The van der Waals surface area contributed by atoms with Crippen LogP contribution in [0.4, 0.5) is 0 Å². The highest BCUT2D eigenvalue weighted by Gasteiger charge is 2.23. The molecule has 12 heteroatoms. The summed E-state index contributed by atoms with van der Waals surface area (Å²) in [4.78, 5) is 0. The Kier molecular flexibility index (Phi) is 10.7. The van der Waals surface area contributed by atoms with Gasteiger partial charge < -0.3 is 9.11 Å². The van der Waals surface area contributed by atoms with E-state index in [4.69, 9.17) is 0 Å². The van der Waals surface area contributed by atoms with Crippen molar-refractivity contribution in [2.75, 3.05) is 23.0 Å². The van der Waals surface area contributed by atoms with Crippen LogP contribution in [-0.2, 0) is 35.2 Å². The van der Waals surface area contributed by atoms with Gasteiger partial charge in [0.25, 0.3) is 0 Å². The second-order valence-corrected chi connectivity index (χ2v) is 13.0. The average Bonchev–Trinajstić information content (AvgIpc) is 3.34. The fourth-order valence-corrected chi connectivity index (χ4v) is 6.06. The lowest BCUT2D eigenvalue weighted by Gasteiger charge is -2.23. The smallest absolute Gasteiger partial charge is 0.148 e. The fraction of sp³-hybridized carbons (Fsp3) is 0.895. The molecule has 0 fully saturated rings. The summed E-state index contributed by atoms with van der Waals surface area (Å²) in [5.74, 6) is 4.20. The lowest BCUT2D eigenvalue weighted by Crippen LogP contribution is -2.21. The normalized spacial score (nSPS) is 14.6. The van der Waals surface area contributed by atoms with E-state index < -0.39 is 22.4 Å². The van der Waals surface area contributed by atoms with E-state index >= 15 is 0 Å². The van der Waals surface area contributed by atoms with E-state index in [9.17, 15) is 9.11 Å². The van der Waals surface area contributed by atoms with Gasteiger partial charge in [-0.05, 0) is 57.4 Å². The molecule has 0 spiro atoms. The van der Waals surface area contributed by atoms with E-state index in [1.165, 1.54) is 0 Å². The lowest BCUT2D eigenvalue weighted by atomic mass is 9.84. The van der Waals surface area contributed by atoms with Gasteiger partial charge in [0.15, 0.2) is 0 Å². The summed E-state index contributed by atoms with van der Waals surface area (Å²) in [5, 5.41) is 27.9. The highest BCUT2D eigenvalue weighted by molar-refractivity contribution is 7.92. The monoisotopic (exact) mass is 472 g/mol. The van der Waals surface area contributed by atoms with Gasteiger partial charge in [-0.25, -0.2) is 10.2 Å². The molecule has 2 atom stereocenters. The molecule has 0 aliphatic rings. The van der Waals surface area contributed by atoms with Crippen molar-refractivity contribution in [1.82, 2.24) is 41.2 Å². The van der Waals surface area contributed by atoms with Crippen LogP contribution in [0.1, 0.15) is 71.4 Å². The number of H-pyrrole nitrogens is 2. The minimum Gasteiger partial charge on any atom is -0.616 e. The van der Waals surface area contributed by atoms with Crippen LogP contribution in [-0.4, -0.2) is 73.4 Å². The number of aromatic amines is 2. The molecule has 176 valence electrons. The van der Waals surface area contributed by atoms with Crippen LogP contribution < -0.4 is 0 Å². The molecule has 0 saturated carbocycles. The Hall–Kier alpha value is -1.24. The number of hydrogen-bond acceptors (Lipinski definition) is 8. The van der Waals surface area contributed by atoms with Crippen molar-refractivity contribution in [1.29, 1.82) is 0 Å². The molecule has 2 aromatic rings. The van der Waals surface area contributed by atoms with Gasteiger partial charge in [-0.2, -0.15) is 0 Å². The van der Waals surface area contributed by atoms with Crippen LogP contribution in [0, 0.1) is 10.8 Å². The quantitative estimate of drug-likeness (QED) is 0.351. The molecule has 2 aromatic heterocycles. The molecule has 10 nitrogen and oxygen atoms in total. The van der Waals surface area contributed by atoms with E-state index in [2.05, 4.69) is 68.9 Å². The van der Waals surface area contributed by atoms with Gasteiger partial charge in [-0.3, -0.25) is 0 Å². The summed E-state index contributed by atoms with van der Waals surface area (Å²) in [7, 11) is 0. The third-order valence-corrected chi connectivity index (χ3v) is 8.24. The Morgan fingerprint density at radius 1 is 0.677 bits per heavy atom. The van der Waals surface area contributed by atoms with Crippen molar-refractivity contribution in [3.8, 4) is 0 Å². The molecule has 0 saturated heterocycles. The zero-order valence-electron chi connectivity index (χ0n) is 19.1. The second-order valence-electron chi connectivity index (χ2n) is 9.63. The molecule has 2 unspecified atom stereocenters. The van der Waals surface area contributed by atoms with Crippen LogP contribution >= 0.6 is 0 Å². The topological polar surface area (TPSA) is 155 Å². The maximum atomic E-state index is 12.3. The van der Waals surface area contributed by atoms with Gasteiger partial charge in [-0.15, -0.1) is 10.2 Å². The van der Waals surface area contributed by atoms with E-state index in [1.54, 1.807) is 0 Å². The van der Waals surface area contributed by atoms with E-state index in [1.807, 2.05) is 0 Å². The first kappa shape index (κ1) is 26.0. The number of aromatic nitrogens is 8. The molecule has 31 heavy (non-hydrogen) atoms. The Morgan fingerprint density at radius 2 is 1.06 bits per heavy atom. The Balaban J connectivity index is 1.51. The SMILES string of the molecule is CC(C)(CCC[S+]([O-])CCC[S+]([O-])CCCC(C)(C)Cc1nnn[nH]1)Cc1nnn[nH]1. The van der Waals surface area contributed by atoms with Crippen LogP contribution in [0.25, 0.3) is 0 Å². The molecule has 2 N–H and O–H groups in total. The number of nitrogens with zero attached hydrogens (tertiary/aromatic N) is 6. The molecule has 0 bridgehead atoms. The van der Waals surface area contributed by atoms with Gasteiger partial charge in [0.1, 0.15) is 34.7 Å². The third kappa shape index (κ3) is 11.3. The van der Waals surface area contributed by atoms with E-state index in [0.717, 1.165) is 56.6 Å². The van der Waals surface area contributed by atoms with Gasteiger partial charge in [-0.1, -0.05) is 50.0 Å². The molecular formula is C19H36N8O2S2. The zero-order valence-corrected chi connectivity index (χ0v) is 20.7. The fourth-order valence-electron chi connectivity index (χ4n) is 3.60. The summed E-state index contributed by atoms with van der Waals surface area (Å²) >= 11 is -1.71. The van der Waals surface area contributed by atoms with Gasteiger partial charge in [0.05, 0.1) is 0 Å². The summed E-state index contributed by atoms with van der Waals surface area (Å²) in [6.07, 6.45) is 6.03. The molecule has 2 heterocycles. The first-order chi connectivity index (χ1) is 14.7. The molecule has 0 aromatic carbocycles. The van der Waals surface area contributed by atoms with Crippen LogP contribution in [0.15, 0.2) is 0 Å². The van der Waals surface area contributed by atoms with Crippen molar-refractivity contribution < 1.29 is 9.11 Å².